The van der Waals surface area contributed by atoms with Gasteiger partial charge in [0.2, 0.25) is 0 Å². The molecule has 1 aromatic carbocycles. The first-order chi connectivity index (χ1) is 8.61. The Morgan fingerprint density at radius 2 is 2.06 bits per heavy atom. The smallest absolute Gasteiger partial charge is 0.176 e. The summed E-state index contributed by atoms with van der Waals surface area (Å²) in [5.41, 5.74) is 1.92. The summed E-state index contributed by atoms with van der Waals surface area (Å²) in [7, 11) is 0. The lowest BCUT2D eigenvalue weighted by atomic mass is 10.0. The van der Waals surface area contributed by atoms with Crippen LogP contribution in [0.5, 0.6) is 0 Å². The number of benzene rings is 1. The first kappa shape index (κ1) is 13.2. The monoisotopic (exact) mass is 247 g/mol. The van der Waals surface area contributed by atoms with E-state index in [0.717, 1.165) is 24.1 Å². The van der Waals surface area contributed by atoms with Crippen molar-refractivity contribution in [1.82, 2.24) is 4.90 Å². The van der Waals surface area contributed by atoms with Crippen LogP contribution in [0.1, 0.15) is 29.3 Å². The minimum Gasteiger partial charge on any atom is -0.395 e. The quantitative estimate of drug-likeness (QED) is 0.826. The highest BCUT2D eigenvalue weighted by Gasteiger charge is 2.31. The van der Waals surface area contributed by atoms with Gasteiger partial charge in [-0.05, 0) is 25.8 Å². The highest BCUT2D eigenvalue weighted by atomic mass is 16.3. The van der Waals surface area contributed by atoms with E-state index in [4.69, 9.17) is 0 Å². The second kappa shape index (κ2) is 5.63. The molecule has 0 saturated carbocycles. The summed E-state index contributed by atoms with van der Waals surface area (Å²) in [6.45, 7) is 5.61. The maximum Gasteiger partial charge on any atom is 0.176 e. The van der Waals surface area contributed by atoms with Crippen molar-refractivity contribution in [3.05, 3.63) is 35.4 Å². The molecule has 1 heterocycles. The van der Waals surface area contributed by atoms with Gasteiger partial charge in [0.25, 0.3) is 0 Å². The van der Waals surface area contributed by atoms with Gasteiger partial charge in [0, 0.05) is 11.6 Å². The molecule has 0 spiro atoms. The molecule has 0 radical (unpaired) electrons. The van der Waals surface area contributed by atoms with Crippen molar-refractivity contribution in [2.24, 2.45) is 5.92 Å². The minimum absolute atomic E-state index is 0.138. The van der Waals surface area contributed by atoms with Crippen LogP contribution < -0.4 is 0 Å². The molecule has 0 bridgehead atoms. The SMILES string of the molecule is Cc1ccc(C(=O)CN2CCC(C)C2CO)cc1. The van der Waals surface area contributed by atoms with Crippen molar-refractivity contribution in [3.63, 3.8) is 0 Å². The predicted octanol–water partition coefficient (Wildman–Crippen LogP) is 1.88. The number of carbonyl (C=O) groups is 1. The molecule has 0 aromatic heterocycles. The van der Waals surface area contributed by atoms with Crippen molar-refractivity contribution < 1.29 is 9.90 Å². The van der Waals surface area contributed by atoms with Crippen LogP contribution in [0.4, 0.5) is 0 Å². The van der Waals surface area contributed by atoms with Gasteiger partial charge in [-0.25, -0.2) is 0 Å². The number of Topliss-reactive ketones (excluding diaryl/α,β-unsaturated/α-hetero) is 1. The number of hydrogen-bond acceptors (Lipinski definition) is 3. The number of aliphatic hydroxyl groups excluding tert-OH is 1. The van der Waals surface area contributed by atoms with E-state index in [-0.39, 0.29) is 18.4 Å². The maximum absolute atomic E-state index is 12.2. The van der Waals surface area contributed by atoms with Crippen molar-refractivity contribution in [2.45, 2.75) is 26.3 Å². The highest BCUT2D eigenvalue weighted by molar-refractivity contribution is 5.97. The standard InChI is InChI=1S/C15H21NO2/c1-11-3-5-13(6-4-11)15(18)9-16-8-7-12(2)14(16)10-17/h3-6,12,14,17H,7-10H2,1-2H3. The van der Waals surface area contributed by atoms with Gasteiger partial charge in [0.15, 0.2) is 5.78 Å². The van der Waals surface area contributed by atoms with Gasteiger partial charge >= 0.3 is 0 Å². The minimum atomic E-state index is 0.138. The first-order valence-corrected chi connectivity index (χ1v) is 6.56. The van der Waals surface area contributed by atoms with E-state index >= 15 is 0 Å². The van der Waals surface area contributed by atoms with Crippen LogP contribution in [0, 0.1) is 12.8 Å². The molecule has 1 saturated heterocycles. The Labute approximate surface area is 108 Å². The first-order valence-electron chi connectivity index (χ1n) is 6.56. The Morgan fingerprint density at radius 1 is 1.39 bits per heavy atom. The van der Waals surface area contributed by atoms with Crippen LogP contribution in [-0.4, -0.2) is 41.5 Å². The number of nitrogens with zero attached hydrogens (tertiary/aromatic N) is 1. The summed E-state index contributed by atoms with van der Waals surface area (Å²) in [6.07, 6.45) is 1.06. The number of hydrogen-bond donors (Lipinski definition) is 1. The van der Waals surface area contributed by atoms with Crippen LogP contribution in [-0.2, 0) is 0 Å². The van der Waals surface area contributed by atoms with Crippen molar-refractivity contribution in [1.29, 1.82) is 0 Å². The second-order valence-corrected chi connectivity index (χ2v) is 5.28. The summed E-state index contributed by atoms with van der Waals surface area (Å²) >= 11 is 0. The lowest BCUT2D eigenvalue weighted by Gasteiger charge is -2.24. The lowest BCUT2D eigenvalue weighted by Crippen LogP contribution is -2.38. The zero-order valence-corrected chi connectivity index (χ0v) is 11.1. The van der Waals surface area contributed by atoms with Gasteiger partial charge < -0.3 is 5.11 Å². The predicted molar refractivity (Wildman–Crippen MR) is 71.7 cm³/mol. The molecule has 2 unspecified atom stereocenters. The van der Waals surface area contributed by atoms with Gasteiger partial charge in [-0.3, -0.25) is 9.69 Å². The second-order valence-electron chi connectivity index (χ2n) is 5.28. The fraction of sp³-hybridized carbons (Fsp3) is 0.533. The lowest BCUT2D eigenvalue weighted by molar-refractivity contribution is 0.0866. The molecule has 2 rings (SSSR count). The molecule has 1 aromatic rings. The number of aryl methyl sites for hydroxylation is 1. The van der Waals surface area contributed by atoms with E-state index in [1.165, 1.54) is 0 Å². The van der Waals surface area contributed by atoms with Crippen LogP contribution in [0.3, 0.4) is 0 Å². The molecule has 1 aliphatic rings. The third-order valence-corrected chi connectivity index (χ3v) is 3.90. The van der Waals surface area contributed by atoms with Crippen LogP contribution >= 0.6 is 0 Å². The summed E-state index contributed by atoms with van der Waals surface area (Å²) in [5.74, 6) is 0.614. The van der Waals surface area contributed by atoms with Crippen molar-refractivity contribution in [2.75, 3.05) is 19.7 Å². The number of aliphatic hydroxyl groups is 1. The normalized spacial score (nSPS) is 24.4. The van der Waals surface area contributed by atoms with Crippen LogP contribution in [0.15, 0.2) is 24.3 Å². The average Bonchev–Trinajstić information content (AvgIpc) is 2.70. The van der Waals surface area contributed by atoms with E-state index in [1.54, 1.807) is 0 Å². The van der Waals surface area contributed by atoms with Crippen LogP contribution in [0.25, 0.3) is 0 Å². The summed E-state index contributed by atoms with van der Waals surface area (Å²) < 4.78 is 0. The Kier molecular flexibility index (Phi) is 4.15. The number of likely N-dealkylation sites (tertiary alicyclic amines) is 1. The Bertz CT molecular complexity index is 413. The fourth-order valence-corrected chi connectivity index (χ4v) is 2.59. The molecule has 3 nitrogen and oxygen atoms in total. The summed E-state index contributed by atoms with van der Waals surface area (Å²) in [5, 5.41) is 9.37. The third-order valence-electron chi connectivity index (χ3n) is 3.90. The highest BCUT2D eigenvalue weighted by Crippen LogP contribution is 2.23. The molecule has 1 aliphatic heterocycles. The molecule has 0 amide bonds. The molecule has 1 N–H and O–H groups in total. The maximum atomic E-state index is 12.2. The van der Waals surface area contributed by atoms with Gasteiger partial charge in [0.05, 0.1) is 13.2 Å². The zero-order chi connectivity index (χ0) is 13.1. The fourth-order valence-electron chi connectivity index (χ4n) is 2.59. The van der Waals surface area contributed by atoms with E-state index < -0.39 is 0 Å². The Hall–Kier alpha value is -1.19. The molecule has 1 fully saturated rings. The van der Waals surface area contributed by atoms with E-state index in [0.29, 0.717) is 12.5 Å². The molecule has 2 atom stereocenters. The Morgan fingerprint density at radius 3 is 2.67 bits per heavy atom. The molecule has 0 aliphatic carbocycles. The molecule has 18 heavy (non-hydrogen) atoms. The summed E-state index contributed by atoms with van der Waals surface area (Å²) in [6, 6.07) is 7.82. The van der Waals surface area contributed by atoms with Gasteiger partial charge in [-0.1, -0.05) is 36.8 Å². The molecular formula is C15H21NO2. The largest absolute Gasteiger partial charge is 0.395 e. The topological polar surface area (TPSA) is 40.5 Å². The molecule has 3 heteroatoms. The molecular weight excluding hydrogens is 226 g/mol. The number of ketones is 1. The van der Waals surface area contributed by atoms with Gasteiger partial charge in [-0.2, -0.15) is 0 Å². The Balaban J connectivity index is 2.01. The van der Waals surface area contributed by atoms with Gasteiger partial charge in [0.1, 0.15) is 0 Å². The van der Waals surface area contributed by atoms with E-state index in [2.05, 4.69) is 11.8 Å². The number of carbonyl (C=O) groups excluding carboxylic acids is 1. The van der Waals surface area contributed by atoms with Crippen molar-refractivity contribution in [3.8, 4) is 0 Å². The van der Waals surface area contributed by atoms with E-state index in [1.807, 2.05) is 31.2 Å². The van der Waals surface area contributed by atoms with Crippen molar-refractivity contribution >= 4 is 5.78 Å². The summed E-state index contributed by atoms with van der Waals surface area (Å²) in [4.78, 5) is 14.3. The van der Waals surface area contributed by atoms with Gasteiger partial charge in [-0.15, -0.1) is 0 Å². The third kappa shape index (κ3) is 2.79. The number of rotatable bonds is 4. The van der Waals surface area contributed by atoms with Crippen LogP contribution in [0.2, 0.25) is 0 Å². The zero-order valence-electron chi connectivity index (χ0n) is 11.1. The average molecular weight is 247 g/mol. The van der Waals surface area contributed by atoms with E-state index in [9.17, 15) is 9.90 Å². The molecule has 98 valence electrons.